The van der Waals surface area contributed by atoms with E-state index in [2.05, 4.69) is 5.10 Å². The van der Waals surface area contributed by atoms with Gasteiger partial charge in [0.1, 0.15) is 5.75 Å². The van der Waals surface area contributed by atoms with Crippen LogP contribution in [0, 0.1) is 0 Å². The summed E-state index contributed by atoms with van der Waals surface area (Å²) in [7, 11) is 1.49. The van der Waals surface area contributed by atoms with Gasteiger partial charge in [-0.2, -0.15) is 5.10 Å². The molecule has 0 radical (unpaired) electrons. The number of nitrogens with zero attached hydrogens (tertiary/aromatic N) is 2. The molecule has 0 amide bonds. The summed E-state index contributed by atoms with van der Waals surface area (Å²) in [5.41, 5.74) is 1.94. The molecule has 3 rings (SSSR count). The predicted molar refractivity (Wildman–Crippen MR) is 101 cm³/mol. The van der Waals surface area contributed by atoms with Crippen LogP contribution in [0.1, 0.15) is 15.9 Å². The van der Waals surface area contributed by atoms with Crippen LogP contribution in [0.5, 0.6) is 5.75 Å². The molecule has 0 spiro atoms. The summed E-state index contributed by atoms with van der Waals surface area (Å²) in [5, 5.41) is 4.55. The molecule has 0 N–H and O–H groups in total. The maximum absolute atomic E-state index is 12.1. The fraction of sp³-hybridized carbons (Fsp3) is 0.150. The second kappa shape index (κ2) is 8.51. The molecule has 0 saturated carbocycles. The SMILES string of the molecule is COc1ccc(C(=O)COC(=O)Cc2cnn(-c3ccccc3)c2)cc1Cl. The highest BCUT2D eigenvalue weighted by Gasteiger charge is 2.13. The van der Waals surface area contributed by atoms with Crippen LogP contribution in [0.3, 0.4) is 0 Å². The van der Waals surface area contributed by atoms with Gasteiger partial charge in [0.05, 0.1) is 30.4 Å². The Labute approximate surface area is 161 Å². The Bertz CT molecular complexity index is 954. The Kier molecular flexibility index (Phi) is 5.88. The number of halogens is 1. The average Bonchev–Trinajstić information content (AvgIpc) is 3.15. The number of benzene rings is 2. The van der Waals surface area contributed by atoms with Crippen LogP contribution in [0.15, 0.2) is 60.9 Å². The van der Waals surface area contributed by atoms with Crippen molar-refractivity contribution in [2.45, 2.75) is 6.42 Å². The summed E-state index contributed by atoms with van der Waals surface area (Å²) < 4.78 is 11.8. The van der Waals surface area contributed by atoms with Crippen LogP contribution in [-0.2, 0) is 16.0 Å². The molecular formula is C20H17ClN2O4. The van der Waals surface area contributed by atoms with E-state index in [0.29, 0.717) is 21.9 Å². The molecule has 3 aromatic rings. The molecular weight excluding hydrogens is 368 g/mol. The first-order chi connectivity index (χ1) is 13.1. The minimum atomic E-state index is -0.504. The zero-order chi connectivity index (χ0) is 19.2. The number of carbonyl (C=O) groups is 2. The van der Waals surface area contributed by atoms with Crippen molar-refractivity contribution in [1.82, 2.24) is 9.78 Å². The molecule has 0 atom stereocenters. The average molecular weight is 385 g/mol. The Balaban J connectivity index is 1.55. The molecule has 7 heteroatoms. The Hall–Kier alpha value is -3.12. The Morgan fingerprint density at radius 1 is 1.15 bits per heavy atom. The number of para-hydroxylation sites is 1. The van der Waals surface area contributed by atoms with Crippen molar-refractivity contribution < 1.29 is 19.1 Å². The van der Waals surface area contributed by atoms with E-state index in [9.17, 15) is 9.59 Å². The molecule has 0 aliphatic rings. The van der Waals surface area contributed by atoms with Gasteiger partial charge in [-0.05, 0) is 30.3 Å². The lowest BCUT2D eigenvalue weighted by molar-refractivity contribution is -0.141. The highest BCUT2D eigenvalue weighted by molar-refractivity contribution is 6.32. The van der Waals surface area contributed by atoms with Gasteiger partial charge in [-0.3, -0.25) is 9.59 Å². The van der Waals surface area contributed by atoms with Crippen LogP contribution in [-0.4, -0.2) is 35.2 Å². The number of Topliss-reactive ketones (excluding diaryl/α,β-unsaturated/α-hetero) is 1. The first-order valence-electron chi connectivity index (χ1n) is 8.18. The third-order valence-electron chi connectivity index (χ3n) is 3.84. The number of hydrogen-bond acceptors (Lipinski definition) is 5. The Morgan fingerprint density at radius 3 is 2.63 bits per heavy atom. The van der Waals surface area contributed by atoms with E-state index in [1.54, 1.807) is 29.2 Å². The minimum Gasteiger partial charge on any atom is -0.495 e. The molecule has 1 aromatic heterocycles. The van der Waals surface area contributed by atoms with Crippen LogP contribution in [0.25, 0.3) is 5.69 Å². The first kappa shape index (κ1) is 18.7. The molecule has 0 fully saturated rings. The second-order valence-electron chi connectivity index (χ2n) is 5.74. The van der Waals surface area contributed by atoms with Gasteiger partial charge in [-0.25, -0.2) is 4.68 Å². The zero-order valence-corrected chi connectivity index (χ0v) is 15.3. The number of hydrogen-bond donors (Lipinski definition) is 0. The van der Waals surface area contributed by atoms with Crippen LogP contribution < -0.4 is 4.74 Å². The van der Waals surface area contributed by atoms with E-state index < -0.39 is 5.97 Å². The van der Waals surface area contributed by atoms with Gasteiger partial charge in [0.15, 0.2) is 12.4 Å². The number of esters is 1. The summed E-state index contributed by atoms with van der Waals surface area (Å²) in [6, 6.07) is 14.2. The van der Waals surface area contributed by atoms with E-state index in [-0.39, 0.29) is 18.8 Å². The van der Waals surface area contributed by atoms with Crippen LogP contribution in [0.2, 0.25) is 5.02 Å². The fourth-order valence-corrected chi connectivity index (χ4v) is 2.72. The lowest BCUT2D eigenvalue weighted by Gasteiger charge is -2.06. The molecule has 27 heavy (non-hydrogen) atoms. The molecule has 1 heterocycles. The largest absolute Gasteiger partial charge is 0.495 e. The van der Waals surface area contributed by atoms with Gasteiger partial charge in [0.2, 0.25) is 0 Å². The number of ketones is 1. The fourth-order valence-electron chi connectivity index (χ4n) is 2.46. The molecule has 0 unspecified atom stereocenters. The minimum absolute atomic E-state index is 0.0312. The number of ether oxygens (including phenoxy) is 2. The summed E-state index contributed by atoms with van der Waals surface area (Å²) in [4.78, 5) is 24.2. The molecule has 0 bridgehead atoms. The van der Waals surface area contributed by atoms with Gasteiger partial charge in [0, 0.05) is 17.3 Å². The van der Waals surface area contributed by atoms with Crippen molar-refractivity contribution in [3.8, 4) is 11.4 Å². The van der Waals surface area contributed by atoms with Crippen molar-refractivity contribution in [3.05, 3.63) is 77.1 Å². The van der Waals surface area contributed by atoms with Crippen molar-refractivity contribution in [1.29, 1.82) is 0 Å². The smallest absolute Gasteiger partial charge is 0.310 e. The van der Waals surface area contributed by atoms with Gasteiger partial charge in [-0.1, -0.05) is 29.8 Å². The zero-order valence-electron chi connectivity index (χ0n) is 14.6. The third kappa shape index (κ3) is 4.74. The predicted octanol–water partition coefficient (Wildman–Crippen LogP) is 3.50. The highest BCUT2D eigenvalue weighted by Crippen LogP contribution is 2.25. The molecule has 138 valence electrons. The number of aromatic nitrogens is 2. The standard InChI is InChI=1S/C20H17ClN2O4/c1-26-19-8-7-15(10-17(19)21)18(24)13-27-20(25)9-14-11-22-23(12-14)16-5-3-2-4-6-16/h2-8,10-12H,9,13H2,1H3. The highest BCUT2D eigenvalue weighted by atomic mass is 35.5. The van der Waals surface area contributed by atoms with Gasteiger partial charge in [0.25, 0.3) is 0 Å². The normalized spacial score (nSPS) is 10.4. The van der Waals surface area contributed by atoms with Crippen molar-refractivity contribution >= 4 is 23.4 Å². The van der Waals surface area contributed by atoms with Gasteiger partial charge < -0.3 is 9.47 Å². The molecule has 2 aromatic carbocycles. The Morgan fingerprint density at radius 2 is 1.93 bits per heavy atom. The molecule has 0 aliphatic heterocycles. The first-order valence-corrected chi connectivity index (χ1v) is 8.56. The number of rotatable bonds is 7. The van der Waals surface area contributed by atoms with Crippen molar-refractivity contribution in [2.75, 3.05) is 13.7 Å². The van der Waals surface area contributed by atoms with E-state index in [0.717, 1.165) is 5.69 Å². The maximum atomic E-state index is 12.1. The number of methoxy groups -OCH3 is 1. The topological polar surface area (TPSA) is 70.4 Å². The van der Waals surface area contributed by atoms with E-state index in [4.69, 9.17) is 21.1 Å². The maximum Gasteiger partial charge on any atom is 0.310 e. The van der Waals surface area contributed by atoms with Crippen LogP contribution >= 0.6 is 11.6 Å². The third-order valence-corrected chi connectivity index (χ3v) is 4.14. The summed E-state index contributed by atoms with van der Waals surface area (Å²) in [6.07, 6.45) is 3.38. The summed E-state index contributed by atoms with van der Waals surface area (Å²) >= 11 is 6.00. The monoisotopic (exact) mass is 384 g/mol. The molecule has 6 nitrogen and oxygen atoms in total. The summed E-state index contributed by atoms with van der Waals surface area (Å²) in [5.74, 6) is -0.371. The summed E-state index contributed by atoms with van der Waals surface area (Å²) in [6.45, 7) is -0.353. The van der Waals surface area contributed by atoms with Crippen LogP contribution in [0.4, 0.5) is 0 Å². The van der Waals surface area contributed by atoms with E-state index in [1.165, 1.54) is 13.2 Å². The lowest BCUT2D eigenvalue weighted by atomic mass is 10.1. The van der Waals surface area contributed by atoms with Crippen molar-refractivity contribution in [3.63, 3.8) is 0 Å². The molecule has 0 aliphatic carbocycles. The van der Waals surface area contributed by atoms with E-state index in [1.807, 2.05) is 30.3 Å². The second-order valence-corrected chi connectivity index (χ2v) is 6.15. The van der Waals surface area contributed by atoms with Gasteiger partial charge >= 0.3 is 5.97 Å². The van der Waals surface area contributed by atoms with E-state index >= 15 is 0 Å². The molecule has 0 saturated heterocycles. The lowest BCUT2D eigenvalue weighted by Crippen LogP contribution is -2.15. The number of carbonyl (C=O) groups excluding carboxylic acids is 2. The quantitative estimate of drug-likeness (QED) is 0.460. The van der Waals surface area contributed by atoms with Crippen molar-refractivity contribution in [2.24, 2.45) is 0 Å². The van der Waals surface area contributed by atoms with Gasteiger partial charge in [-0.15, -0.1) is 0 Å².